The van der Waals surface area contributed by atoms with Crippen LogP contribution in [0.15, 0.2) is 24.3 Å². The summed E-state index contributed by atoms with van der Waals surface area (Å²) < 4.78 is 26.7. The van der Waals surface area contributed by atoms with Crippen molar-refractivity contribution in [3.8, 4) is 0 Å². The Bertz CT molecular complexity index is 509. The third-order valence-electron chi connectivity index (χ3n) is 3.15. The average molecular weight is 332 g/mol. The molecule has 100 valence electrons. The van der Waals surface area contributed by atoms with Crippen LogP contribution in [0.4, 0.5) is 5.69 Å². The molecule has 0 aromatic heterocycles. The maximum Gasteiger partial charge on any atom is 0.232 e. The number of para-hydroxylation sites is 1. The number of rotatable bonds is 6. The average Bonchev–Trinajstić information content (AvgIpc) is 3.10. The molecule has 2 rings (SSSR count). The van der Waals surface area contributed by atoms with E-state index in [2.05, 4.69) is 20.7 Å². The summed E-state index contributed by atoms with van der Waals surface area (Å²) in [6, 6.07) is 7.49. The zero-order valence-corrected chi connectivity index (χ0v) is 12.8. The van der Waals surface area contributed by atoms with E-state index >= 15 is 0 Å². The fourth-order valence-corrected chi connectivity index (χ4v) is 3.55. The molecule has 0 amide bonds. The van der Waals surface area contributed by atoms with Gasteiger partial charge in [-0.3, -0.25) is 4.72 Å². The summed E-state index contributed by atoms with van der Waals surface area (Å²) in [5, 5.41) is 0. The molecular formula is C13H18BrNO2S. The Labute approximate surface area is 117 Å². The van der Waals surface area contributed by atoms with E-state index in [0.717, 1.165) is 12.0 Å². The Morgan fingerprint density at radius 1 is 1.39 bits per heavy atom. The molecule has 0 heterocycles. The minimum atomic E-state index is -3.22. The lowest BCUT2D eigenvalue weighted by atomic mass is 10.1. The van der Waals surface area contributed by atoms with Gasteiger partial charge in [-0.2, -0.15) is 0 Å². The molecule has 1 aromatic rings. The van der Waals surface area contributed by atoms with Crippen LogP contribution in [0, 0.1) is 5.92 Å². The smallest absolute Gasteiger partial charge is 0.232 e. The first kappa shape index (κ1) is 13.9. The van der Waals surface area contributed by atoms with Crippen LogP contribution in [0.2, 0.25) is 0 Å². The second-order valence-electron chi connectivity index (χ2n) is 4.86. The van der Waals surface area contributed by atoms with Crippen molar-refractivity contribution in [1.82, 2.24) is 0 Å². The molecule has 5 heteroatoms. The number of halogens is 1. The zero-order chi connectivity index (χ0) is 13.2. The number of anilines is 1. The van der Waals surface area contributed by atoms with Gasteiger partial charge < -0.3 is 0 Å². The quantitative estimate of drug-likeness (QED) is 0.808. The molecule has 1 saturated carbocycles. The van der Waals surface area contributed by atoms with E-state index in [9.17, 15) is 8.42 Å². The largest absolute Gasteiger partial charge is 0.283 e. The van der Waals surface area contributed by atoms with Crippen molar-refractivity contribution >= 4 is 31.6 Å². The van der Waals surface area contributed by atoms with Gasteiger partial charge >= 0.3 is 0 Å². The maximum absolute atomic E-state index is 12.0. The number of hydrogen-bond donors (Lipinski definition) is 1. The molecule has 1 atom stereocenters. The maximum atomic E-state index is 12.0. The number of nitrogens with one attached hydrogen (secondary N) is 1. The van der Waals surface area contributed by atoms with Crippen LogP contribution in [0.3, 0.4) is 0 Å². The fourth-order valence-electron chi connectivity index (χ4n) is 1.88. The van der Waals surface area contributed by atoms with E-state index < -0.39 is 10.0 Å². The van der Waals surface area contributed by atoms with Gasteiger partial charge in [0.05, 0.1) is 11.4 Å². The van der Waals surface area contributed by atoms with Crippen LogP contribution in [-0.4, -0.2) is 14.2 Å². The van der Waals surface area contributed by atoms with E-state index in [-0.39, 0.29) is 10.6 Å². The Kier molecular flexibility index (Phi) is 4.33. The van der Waals surface area contributed by atoms with Gasteiger partial charge in [0, 0.05) is 4.83 Å². The molecule has 1 aromatic carbocycles. The molecule has 0 aliphatic heterocycles. The summed E-state index contributed by atoms with van der Waals surface area (Å²) in [4.78, 5) is 0.125. The molecule has 0 saturated heterocycles. The molecule has 0 bridgehead atoms. The molecule has 0 spiro atoms. The third kappa shape index (κ3) is 3.99. The second-order valence-corrected chi connectivity index (χ2v) is 8.07. The first-order valence-corrected chi connectivity index (χ1v) is 8.78. The lowest BCUT2D eigenvalue weighted by Crippen LogP contribution is -2.18. The standard InChI is InChI=1S/C13H18BrNO2S/c1-10(14)12-4-2-3-5-13(12)15-18(16,17)9-8-11-6-7-11/h2-5,10-11,15H,6-9H2,1H3. The molecule has 18 heavy (non-hydrogen) atoms. The number of alkyl halides is 1. The molecule has 1 N–H and O–H groups in total. The Balaban J connectivity index is 2.07. The molecular weight excluding hydrogens is 314 g/mol. The van der Waals surface area contributed by atoms with Crippen molar-refractivity contribution < 1.29 is 8.42 Å². The summed E-state index contributed by atoms with van der Waals surface area (Å²) in [5.41, 5.74) is 1.64. The molecule has 1 unspecified atom stereocenters. The molecule has 1 aliphatic carbocycles. The number of benzene rings is 1. The van der Waals surface area contributed by atoms with Crippen LogP contribution >= 0.6 is 15.9 Å². The van der Waals surface area contributed by atoms with Gasteiger partial charge in [-0.1, -0.05) is 47.0 Å². The van der Waals surface area contributed by atoms with Crippen molar-refractivity contribution in [2.75, 3.05) is 10.5 Å². The van der Waals surface area contributed by atoms with Gasteiger partial charge in [-0.05, 0) is 30.9 Å². The minimum absolute atomic E-state index is 0.125. The summed E-state index contributed by atoms with van der Waals surface area (Å²) in [6.07, 6.45) is 3.15. The second kappa shape index (κ2) is 5.61. The summed E-state index contributed by atoms with van der Waals surface area (Å²) >= 11 is 3.48. The van der Waals surface area contributed by atoms with Gasteiger partial charge in [0.15, 0.2) is 0 Å². The van der Waals surface area contributed by atoms with Crippen molar-refractivity contribution in [1.29, 1.82) is 0 Å². The fraction of sp³-hybridized carbons (Fsp3) is 0.538. The van der Waals surface area contributed by atoms with Crippen LogP contribution in [-0.2, 0) is 10.0 Å². The lowest BCUT2D eigenvalue weighted by Gasteiger charge is -2.13. The first-order chi connectivity index (χ1) is 8.48. The predicted molar refractivity (Wildman–Crippen MR) is 78.5 cm³/mol. The van der Waals surface area contributed by atoms with E-state index in [1.807, 2.05) is 31.2 Å². The number of hydrogen-bond acceptors (Lipinski definition) is 2. The normalized spacial score (nSPS) is 17.4. The summed E-state index contributed by atoms with van der Waals surface area (Å²) in [7, 11) is -3.22. The highest BCUT2D eigenvalue weighted by Crippen LogP contribution is 2.33. The lowest BCUT2D eigenvalue weighted by molar-refractivity contribution is 0.595. The summed E-state index contributed by atoms with van der Waals surface area (Å²) in [5.74, 6) is 0.856. The van der Waals surface area contributed by atoms with E-state index in [4.69, 9.17) is 0 Å². The Morgan fingerprint density at radius 3 is 2.67 bits per heavy atom. The first-order valence-electron chi connectivity index (χ1n) is 6.21. The molecule has 0 radical (unpaired) electrons. The van der Waals surface area contributed by atoms with E-state index in [0.29, 0.717) is 11.6 Å². The predicted octanol–water partition coefficient (Wildman–Crippen LogP) is 3.68. The monoisotopic (exact) mass is 331 g/mol. The zero-order valence-electron chi connectivity index (χ0n) is 10.4. The van der Waals surface area contributed by atoms with Crippen molar-refractivity contribution in [3.05, 3.63) is 29.8 Å². The Morgan fingerprint density at radius 2 is 2.06 bits per heavy atom. The molecule has 1 fully saturated rings. The van der Waals surface area contributed by atoms with Crippen LogP contribution in [0.5, 0.6) is 0 Å². The topological polar surface area (TPSA) is 46.2 Å². The van der Waals surface area contributed by atoms with Gasteiger partial charge in [0.1, 0.15) is 0 Å². The molecule has 1 aliphatic rings. The van der Waals surface area contributed by atoms with Crippen molar-refractivity contribution in [2.45, 2.75) is 31.0 Å². The van der Waals surface area contributed by atoms with Crippen LogP contribution < -0.4 is 4.72 Å². The van der Waals surface area contributed by atoms with Crippen molar-refractivity contribution in [2.24, 2.45) is 5.92 Å². The highest BCUT2D eigenvalue weighted by atomic mass is 79.9. The summed E-state index contributed by atoms with van der Waals surface area (Å²) in [6.45, 7) is 1.98. The van der Waals surface area contributed by atoms with Gasteiger partial charge in [-0.25, -0.2) is 8.42 Å². The highest BCUT2D eigenvalue weighted by Gasteiger charge is 2.24. The van der Waals surface area contributed by atoms with Crippen LogP contribution in [0.25, 0.3) is 0 Å². The van der Waals surface area contributed by atoms with Gasteiger partial charge in [-0.15, -0.1) is 0 Å². The number of sulfonamides is 1. The van der Waals surface area contributed by atoms with E-state index in [1.165, 1.54) is 12.8 Å². The highest BCUT2D eigenvalue weighted by molar-refractivity contribution is 9.09. The SMILES string of the molecule is CC(Br)c1ccccc1NS(=O)(=O)CCC1CC1. The van der Waals surface area contributed by atoms with Crippen LogP contribution in [0.1, 0.15) is 36.6 Å². The molecule has 3 nitrogen and oxygen atoms in total. The third-order valence-corrected chi connectivity index (χ3v) is 4.94. The minimum Gasteiger partial charge on any atom is -0.283 e. The van der Waals surface area contributed by atoms with Crippen molar-refractivity contribution in [3.63, 3.8) is 0 Å². The van der Waals surface area contributed by atoms with Gasteiger partial charge in [0.25, 0.3) is 0 Å². The van der Waals surface area contributed by atoms with E-state index in [1.54, 1.807) is 0 Å². The Hall–Kier alpha value is -0.550. The van der Waals surface area contributed by atoms with Gasteiger partial charge in [0.2, 0.25) is 10.0 Å².